The van der Waals surface area contributed by atoms with Crippen LogP contribution in [0, 0.1) is 11.8 Å². The van der Waals surface area contributed by atoms with Gasteiger partial charge in [-0.2, -0.15) is 0 Å². The molecule has 2 aromatic rings. The fourth-order valence-corrected chi connectivity index (χ4v) is 2.50. The Kier molecular flexibility index (Phi) is 7.06. The average molecular weight is 337 g/mol. The first-order valence-corrected chi connectivity index (χ1v) is 8.36. The van der Waals surface area contributed by atoms with Gasteiger partial charge in [0.1, 0.15) is 18.4 Å². The van der Waals surface area contributed by atoms with Gasteiger partial charge in [0.15, 0.2) is 0 Å². The van der Waals surface area contributed by atoms with E-state index in [9.17, 15) is 9.90 Å². The smallest absolute Gasteiger partial charge is 0.320 e. The second-order valence-electron chi connectivity index (χ2n) is 5.68. The van der Waals surface area contributed by atoms with Gasteiger partial charge in [0, 0.05) is 17.2 Å². The maximum absolute atomic E-state index is 11.2. The van der Waals surface area contributed by atoms with Crippen molar-refractivity contribution in [2.24, 2.45) is 0 Å². The molecular formula is C21H23NO3. The maximum atomic E-state index is 11.2. The summed E-state index contributed by atoms with van der Waals surface area (Å²) >= 11 is 0. The van der Waals surface area contributed by atoms with Crippen LogP contribution in [0.15, 0.2) is 54.6 Å². The number of nitrogens with one attached hydrogen (secondary N) is 1. The first kappa shape index (κ1) is 18.6. The SMILES string of the molecule is CCC(NC(C)c1ccccc1OCC#Cc1ccccc1)C(=O)O. The molecule has 0 saturated heterocycles. The van der Waals surface area contributed by atoms with Crippen LogP contribution in [0.2, 0.25) is 0 Å². The highest BCUT2D eigenvalue weighted by Gasteiger charge is 2.19. The zero-order chi connectivity index (χ0) is 18.1. The van der Waals surface area contributed by atoms with Crippen LogP contribution in [0.3, 0.4) is 0 Å². The normalized spacial score (nSPS) is 12.6. The Morgan fingerprint density at radius 1 is 1.16 bits per heavy atom. The Hall–Kier alpha value is -2.77. The van der Waals surface area contributed by atoms with Gasteiger partial charge >= 0.3 is 5.97 Å². The van der Waals surface area contributed by atoms with E-state index in [1.54, 1.807) is 0 Å². The fourth-order valence-electron chi connectivity index (χ4n) is 2.50. The Morgan fingerprint density at radius 3 is 2.52 bits per heavy atom. The van der Waals surface area contributed by atoms with E-state index >= 15 is 0 Å². The van der Waals surface area contributed by atoms with Gasteiger partial charge in [-0.3, -0.25) is 10.1 Å². The van der Waals surface area contributed by atoms with Gasteiger partial charge in [-0.25, -0.2) is 0 Å². The third-order valence-corrected chi connectivity index (χ3v) is 3.85. The molecule has 0 amide bonds. The monoisotopic (exact) mass is 337 g/mol. The van der Waals surface area contributed by atoms with Crippen LogP contribution in [0.4, 0.5) is 0 Å². The highest BCUT2D eigenvalue weighted by Crippen LogP contribution is 2.25. The summed E-state index contributed by atoms with van der Waals surface area (Å²) in [5, 5.41) is 12.3. The van der Waals surface area contributed by atoms with Crippen molar-refractivity contribution in [3.8, 4) is 17.6 Å². The number of para-hydroxylation sites is 1. The highest BCUT2D eigenvalue weighted by molar-refractivity contribution is 5.73. The molecule has 0 aliphatic rings. The lowest BCUT2D eigenvalue weighted by atomic mass is 10.1. The minimum atomic E-state index is -0.846. The molecule has 0 fully saturated rings. The molecule has 4 heteroatoms. The topological polar surface area (TPSA) is 58.6 Å². The fraction of sp³-hybridized carbons (Fsp3) is 0.286. The molecule has 4 nitrogen and oxygen atoms in total. The van der Waals surface area contributed by atoms with E-state index in [1.807, 2.05) is 68.4 Å². The van der Waals surface area contributed by atoms with Gasteiger partial charge in [-0.05, 0) is 31.5 Å². The summed E-state index contributed by atoms with van der Waals surface area (Å²) in [5.74, 6) is 5.92. The summed E-state index contributed by atoms with van der Waals surface area (Å²) in [6.45, 7) is 4.05. The number of carbonyl (C=O) groups is 1. The number of rotatable bonds is 7. The molecule has 2 unspecified atom stereocenters. The molecule has 0 spiro atoms. The van der Waals surface area contributed by atoms with Crippen molar-refractivity contribution < 1.29 is 14.6 Å². The van der Waals surface area contributed by atoms with Crippen molar-refractivity contribution in [2.75, 3.05) is 6.61 Å². The van der Waals surface area contributed by atoms with Crippen LogP contribution >= 0.6 is 0 Å². The first-order chi connectivity index (χ1) is 12.1. The summed E-state index contributed by atoms with van der Waals surface area (Å²) < 4.78 is 5.79. The third kappa shape index (κ3) is 5.66. The number of ether oxygens (including phenoxy) is 1. The van der Waals surface area contributed by atoms with Gasteiger partial charge in [0.2, 0.25) is 0 Å². The van der Waals surface area contributed by atoms with Crippen LogP contribution in [0.5, 0.6) is 5.75 Å². The molecule has 130 valence electrons. The van der Waals surface area contributed by atoms with E-state index < -0.39 is 12.0 Å². The molecule has 2 aromatic carbocycles. The second kappa shape index (κ2) is 9.51. The molecule has 0 bridgehead atoms. The lowest BCUT2D eigenvalue weighted by Crippen LogP contribution is -2.37. The minimum absolute atomic E-state index is 0.140. The quantitative estimate of drug-likeness (QED) is 0.758. The van der Waals surface area contributed by atoms with E-state index in [1.165, 1.54) is 0 Å². The van der Waals surface area contributed by atoms with E-state index in [0.29, 0.717) is 12.2 Å². The van der Waals surface area contributed by atoms with Crippen LogP contribution in [0.25, 0.3) is 0 Å². The average Bonchev–Trinajstić information content (AvgIpc) is 2.64. The van der Waals surface area contributed by atoms with E-state index in [4.69, 9.17) is 4.74 Å². The summed E-state index contributed by atoms with van der Waals surface area (Å²) in [7, 11) is 0. The van der Waals surface area contributed by atoms with Crippen LogP contribution in [-0.2, 0) is 4.79 Å². The zero-order valence-electron chi connectivity index (χ0n) is 14.5. The number of hydrogen-bond acceptors (Lipinski definition) is 3. The zero-order valence-corrected chi connectivity index (χ0v) is 14.5. The highest BCUT2D eigenvalue weighted by atomic mass is 16.5. The van der Waals surface area contributed by atoms with E-state index in [2.05, 4.69) is 17.2 Å². The van der Waals surface area contributed by atoms with E-state index in [0.717, 1.165) is 11.1 Å². The van der Waals surface area contributed by atoms with Crippen molar-refractivity contribution in [2.45, 2.75) is 32.4 Å². The molecule has 0 radical (unpaired) electrons. The summed E-state index contributed by atoms with van der Waals surface area (Å²) in [6.07, 6.45) is 0.519. The van der Waals surface area contributed by atoms with E-state index in [-0.39, 0.29) is 12.6 Å². The molecule has 2 N–H and O–H groups in total. The number of hydrogen-bond donors (Lipinski definition) is 2. The Labute approximate surface area is 148 Å². The van der Waals surface area contributed by atoms with Crippen molar-refractivity contribution in [1.29, 1.82) is 0 Å². The Balaban J connectivity index is 2.02. The number of carboxylic acids is 1. The maximum Gasteiger partial charge on any atom is 0.320 e. The van der Waals surface area contributed by atoms with Crippen LogP contribution in [0.1, 0.15) is 37.4 Å². The Bertz CT molecular complexity index is 746. The first-order valence-electron chi connectivity index (χ1n) is 8.36. The van der Waals surface area contributed by atoms with Gasteiger partial charge in [0.05, 0.1) is 0 Å². The minimum Gasteiger partial charge on any atom is -0.481 e. The molecule has 0 aromatic heterocycles. The molecular weight excluding hydrogens is 314 g/mol. The predicted molar refractivity (Wildman–Crippen MR) is 98.5 cm³/mol. The van der Waals surface area contributed by atoms with Crippen LogP contribution < -0.4 is 10.1 Å². The summed E-state index contributed by atoms with van der Waals surface area (Å²) in [6, 6.07) is 16.6. The number of benzene rings is 2. The molecule has 2 rings (SSSR count). The summed E-state index contributed by atoms with van der Waals surface area (Å²) in [5.41, 5.74) is 1.87. The molecule has 0 aliphatic heterocycles. The molecule has 25 heavy (non-hydrogen) atoms. The second-order valence-corrected chi connectivity index (χ2v) is 5.68. The molecule has 0 aliphatic carbocycles. The number of carboxylic acid groups (broad SMARTS) is 1. The molecule has 2 atom stereocenters. The van der Waals surface area contributed by atoms with Crippen molar-refractivity contribution >= 4 is 5.97 Å². The Morgan fingerprint density at radius 2 is 1.84 bits per heavy atom. The van der Waals surface area contributed by atoms with Crippen molar-refractivity contribution in [3.05, 3.63) is 65.7 Å². The largest absolute Gasteiger partial charge is 0.481 e. The van der Waals surface area contributed by atoms with Crippen molar-refractivity contribution in [3.63, 3.8) is 0 Å². The molecule has 0 heterocycles. The van der Waals surface area contributed by atoms with Crippen molar-refractivity contribution in [1.82, 2.24) is 5.32 Å². The summed E-state index contributed by atoms with van der Waals surface area (Å²) in [4.78, 5) is 11.2. The third-order valence-electron chi connectivity index (χ3n) is 3.85. The lowest BCUT2D eigenvalue weighted by Gasteiger charge is -2.21. The van der Waals surface area contributed by atoms with Gasteiger partial charge < -0.3 is 9.84 Å². The van der Waals surface area contributed by atoms with Gasteiger partial charge in [0.25, 0.3) is 0 Å². The standard InChI is InChI=1S/C21H23NO3/c1-3-19(21(23)24)22-16(2)18-13-7-8-14-20(18)25-15-9-12-17-10-5-4-6-11-17/h4-8,10-11,13-14,16,19,22H,3,15H2,1-2H3,(H,23,24). The van der Waals surface area contributed by atoms with Crippen LogP contribution in [-0.4, -0.2) is 23.7 Å². The van der Waals surface area contributed by atoms with Gasteiger partial charge in [-0.15, -0.1) is 0 Å². The molecule has 0 saturated carbocycles. The van der Waals surface area contributed by atoms with Gasteiger partial charge in [-0.1, -0.05) is 55.2 Å². The predicted octanol–water partition coefficient (Wildman–Crippen LogP) is 3.63. The lowest BCUT2D eigenvalue weighted by molar-refractivity contribution is -0.139. The number of aliphatic carboxylic acids is 1.